The second-order valence-electron chi connectivity index (χ2n) is 11.7. The van der Waals surface area contributed by atoms with Crippen LogP contribution >= 0.6 is 0 Å². The zero-order chi connectivity index (χ0) is 29.6. The monoisotopic (exact) mass is 591 g/mol. The number of H-pyrrole nitrogens is 1. The van der Waals surface area contributed by atoms with Crippen LogP contribution in [-0.4, -0.2) is 71.0 Å². The fourth-order valence-electron chi connectivity index (χ4n) is 6.23. The Morgan fingerprint density at radius 1 is 0.952 bits per heavy atom. The number of sulfone groups is 1. The summed E-state index contributed by atoms with van der Waals surface area (Å²) in [5, 5.41) is 19.4. The number of likely N-dealkylation sites (tertiary alicyclic amines) is 1. The maximum Gasteiger partial charge on any atom is 0.223 e. The highest BCUT2D eigenvalue weighted by molar-refractivity contribution is 7.90. The number of carbonyl (C=O) groups is 1. The van der Waals surface area contributed by atoms with E-state index in [1.54, 1.807) is 17.0 Å². The number of hydrogen-bond donors (Lipinski definition) is 3. The number of hydrogen-bond acceptors (Lipinski definition) is 6. The summed E-state index contributed by atoms with van der Waals surface area (Å²) in [5.41, 5.74) is 4.28. The van der Waals surface area contributed by atoms with E-state index >= 15 is 4.39 Å². The lowest BCUT2D eigenvalue weighted by molar-refractivity contribution is -0.132. The van der Waals surface area contributed by atoms with Crippen molar-refractivity contribution in [2.24, 2.45) is 5.92 Å². The Kier molecular flexibility index (Phi) is 7.63. The largest absolute Gasteiger partial charge is 0.388 e. The van der Waals surface area contributed by atoms with Gasteiger partial charge in [-0.05, 0) is 84.5 Å². The summed E-state index contributed by atoms with van der Waals surface area (Å²) in [6, 6.07) is 17.8. The van der Waals surface area contributed by atoms with Gasteiger partial charge in [-0.25, -0.2) is 17.8 Å². The normalized spacial score (nSPS) is 23.0. The van der Waals surface area contributed by atoms with Gasteiger partial charge in [0.25, 0.3) is 0 Å². The minimum atomic E-state index is -3.37. The van der Waals surface area contributed by atoms with E-state index in [0.29, 0.717) is 40.7 Å². The van der Waals surface area contributed by atoms with Crippen molar-refractivity contribution < 1.29 is 27.8 Å². The van der Waals surface area contributed by atoms with E-state index in [2.05, 4.69) is 22.1 Å². The molecule has 0 unspecified atom stereocenters. The topological polar surface area (TPSA) is 124 Å². The number of halogens is 1. The van der Waals surface area contributed by atoms with Crippen LogP contribution in [0.4, 0.5) is 4.39 Å². The zero-order valence-electron chi connectivity index (χ0n) is 23.3. The fourth-order valence-corrected chi connectivity index (χ4v) is 6.88. The van der Waals surface area contributed by atoms with E-state index in [1.807, 2.05) is 18.2 Å². The summed E-state index contributed by atoms with van der Waals surface area (Å²) in [7, 11) is -3.37. The number of aliphatic hydroxyl groups is 2. The van der Waals surface area contributed by atoms with Crippen molar-refractivity contribution in [1.82, 2.24) is 14.9 Å². The summed E-state index contributed by atoms with van der Waals surface area (Å²) in [6.45, 7) is 0.421. The smallest absolute Gasteiger partial charge is 0.223 e. The van der Waals surface area contributed by atoms with Crippen molar-refractivity contribution in [1.29, 1.82) is 0 Å². The van der Waals surface area contributed by atoms with Gasteiger partial charge in [-0.3, -0.25) is 4.79 Å². The maximum absolute atomic E-state index is 15.2. The molecule has 1 aliphatic heterocycles. The Labute approximate surface area is 244 Å². The Bertz CT molecular complexity index is 1720. The van der Waals surface area contributed by atoms with E-state index in [0.717, 1.165) is 43.1 Å². The van der Waals surface area contributed by atoms with Crippen LogP contribution < -0.4 is 0 Å². The van der Waals surface area contributed by atoms with Crippen LogP contribution in [0.15, 0.2) is 65.6 Å². The molecule has 1 amide bonds. The predicted molar refractivity (Wildman–Crippen MR) is 158 cm³/mol. The number of aromatic amines is 1. The van der Waals surface area contributed by atoms with Crippen LogP contribution in [0.2, 0.25) is 0 Å². The molecule has 220 valence electrons. The van der Waals surface area contributed by atoms with Crippen LogP contribution in [0.3, 0.4) is 0 Å². The second-order valence-corrected chi connectivity index (χ2v) is 13.7. The van der Waals surface area contributed by atoms with Gasteiger partial charge in [0, 0.05) is 25.8 Å². The van der Waals surface area contributed by atoms with Gasteiger partial charge < -0.3 is 20.1 Å². The van der Waals surface area contributed by atoms with Crippen LogP contribution in [0, 0.1) is 11.7 Å². The molecule has 6 rings (SSSR count). The molecule has 1 aliphatic carbocycles. The number of nitrogens with one attached hydrogen (secondary N) is 1. The number of fused-ring (bicyclic) bond motifs is 1. The van der Waals surface area contributed by atoms with E-state index in [4.69, 9.17) is 0 Å². The average Bonchev–Trinajstić information content (AvgIpc) is 3.55. The first kappa shape index (κ1) is 28.5. The van der Waals surface area contributed by atoms with Crippen molar-refractivity contribution >= 4 is 26.8 Å². The van der Waals surface area contributed by atoms with Gasteiger partial charge in [0.05, 0.1) is 33.7 Å². The number of aliphatic hydroxyl groups excluding tert-OH is 2. The Hall–Kier alpha value is -3.60. The van der Waals surface area contributed by atoms with Crippen LogP contribution in [0.1, 0.15) is 43.6 Å². The number of imidazole rings is 1. The minimum absolute atomic E-state index is 0.0121. The third-order valence-corrected chi connectivity index (χ3v) is 9.85. The molecule has 2 aliphatic rings. The van der Waals surface area contributed by atoms with Crippen molar-refractivity contribution in [3.63, 3.8) is 0 Å². The summed E-state index contributed by atoms with van der Waals surface area (Å²) >= 11 is 0. The van der Waals surface area contributed by atoms with Crippen molar-refractivity contribution in [3.8, 4) is 22.5 Å². The van der Waals surface area contributed by atoms with Crippen molar-refractivity contribution in [3.05, 3.63) is 72.0 Å². The molecule has 10 heteroatoms. The Balaban J connectivity index is 1.09. The Morgan fingerprint density at radius 2 is 1.62 bits per heavy atom. The average molecular weight is 592 g/mol. The molecule has 0 bridgehead atoms. The number of aromatic nitrogens is 2. The molecule has 0 radical (unpaired) electrons. The molecule has 1 aromatic heterocycles. The first-order valence-corrected chi connectivity index (χ1v) is 16.2. The first-order valence-electron chi connectivity index (χ1n) is 14.3. The number of benzene rings is 3. The van der Waals surface area contributed by atoms with Gasteiger partial charge in [-0.1, -0.05) is 30.3 Å². The van der Waals surface area contributed by atoms with E-state index < -0.39 is 27.9 Å². The lowest BCUT2D eigenvalue weighted by Crippen LogP contribution is -2.32. The summed E-state index contributed by atoms with van der Waals surface area (Å²) in [5.74, 6) is 0.653. The summed E-state index contributed by atoms with van der Waals surface area (Å²) < 4.78 is 39.0. The van der Waals surface area contributed by atoms with Crippen LogP contribution in [-0.2, 0) is 14.6 Å². The highest BCUT2D eigenvalue weighted by Crippen LogP contribution is 2.38. The third-order valence-electron chi connectivity index (χ3n) is 8.74. The fraction of sp³-hybridized carbons (Fsp3) is 0.375. The summed E-state index contributed by atoms with van der Waals surface area (Å²) in [6.07, 6.45) is 3.81. The number of carbonyl (C=O) groups excluding carboxylic acids is 1. The quantitative estimate of drug-likeness (QED) is 0.300. The van der Waals surface area contributed by atoms with Gasteiger partial charge in [-0.2, -0.15) is 0 Å². The van der Waals surface area contributed by atoms with Crippen LogP contribution in [0.5, 0.6) is 0 Å². The molecule has 8 nitrogen and oxygen atoms in total. The highest BCUT2D eigenvalue weighted by Gasteiger charge is 2.34. The van der Waals surface area contributed by atoms with Crippen molar-refractivity contribution in [2.45, 2.75) is 55.1 Å². The molecular weight excluding hydrogens is 557 g/mol. The number of amides is 1. The predicted octanol–water partition coefficient (Wildman–Crippen LogP) is 4.67. The van der Waals surface area contributed by atoms with Gasteiger partial charge in [-0.15, -0.1) is 0 Å². The second kappa shape index (κ2) is 11.2. The van der Waals surface area contributed by atoms with Gasteiger partial charge in [0.15, 0.2) is 9.84 Å². The number of rotatable bonds is 6. The molecule has 4 aromatic rings. The van der Waals surface area contributed by atoms with Gasteiger partial charge in [0.1, 0.15) is 11.6 Å². The van der Waals surface area contributed by atoms with Gasteiger partial charge >= 0.3 is 0 Å². The summed E-state index contributed by atoms with van der Waals surface area (Å²) in [4.78, 5) is 21.8. The molecule has 3 aromatic carbocycles. The molecule has 2 fully saturated rings. The SMILES string of the molecule is CS(=O)(=O)c1ccc2nc(-c3ccc(-c4ccc(C5CCC(CC(=O)N6C[C@@H](O)[C@@H](O)C6)CC5)cc4)cc3F)[nH]c2c1. The molecule has 0 spiro atoms. The number of β-amino-alcohol motifs (C(OH)–C–C–N with tert-alkyl or cyclic N) is 2. The van der Waals surface area contributed by atoms with E-state index in [-0.39, 0.29) is 23.9 Å². The minimum Gasteiger partial charge on any atom is -0.388 e. The van der Waals surface area contributed by atoms with Gasteiger partial charge in [0.2, 0.25) is 5.91 Å². The van der Waals surface area contributed by atoms with E-state index in [1.165, 1.54) is 23.8 Å². The highest BCUT2D eigenvalue weighted by atomic mass is 32.2. The van der Waals surface area contributed by atoms with E-state index in [9.17, 15) is 23.4 Å². The lowest BCUT2D eigenvalue weighted by atomic mass is 9.77. The Morgan fingerprint density at radius 3 is 2.26 bits per heavy atom. The maximum atomic E-state index is 15.2. The molecule has 1 saturated carbocycles. The molecule has 3 N–H and O–H groups in total. The molecule has 2 atom stereocenters. The zero-order valence-corrected chi connectivity index (χ0v) is 24.1. The standard InChI is InChI=1S/C32H34FN3O5S/c1-42(40,41)24-11-13-27-28(16-24)35-32(34-27)25-12-10-23(15-26(25)33)22-8-6-21(7-9-22)20-4-2-19(3-5-20)14-31(39)36-17-29(37)30(38)18-36/h6-13,15-16,19-20,29-30,37-38H,2-5,14,17-18H2,1H3,(H,34,35)/t19?,20?,29-,30+. The van der Waals surface area contributed by atoms with Crippen molar-refractivity contribution in [2.75, 3.05) is 19.3 Å². The molecule has 2 heterocycles. The molecule has 1 saturated heterocycles. The molecular formula is C32H34FN3O5S. The molecule has 42 heavy (non-hydrogen) atoms. The van der Waals surface area contributed by atoms with Crippen LogP contribution in [0.25, 0.3) is 33.5 Å². The number of nitrogens with zero attached hydrogens (tertiary/aromatic N) is 2. The lowest BCUT2D eigenvalue weighted by Gasteiger charge is -2.29. The third kappa shape index (κ3) is 5.84. The first-order chi connectivity index (χ1) is 20.0.